The van der Waals surface area contributed by atoms with Crippen molar-refractivity contribution in [2.75, 3.05) is 0 Å². The molecule has 0 unspecified atom stereocenters. The Morgan fingerprint density at radius 3 is 2.93 bits per heavy atom. The molecule has 2 aliphatic rings. The monoisotopic (exact) mass is 409 g/mol. The van der Waals surface area contributed by atoms with Gasteiger partial charge in [-0.3, -0.25) is 18.8 Å². The van der Waals surface area contributed by atoms with Crippen molar-refractivity contribution < 1.29 is 9.53 Å². The molecule has 29 heavy (non-hydrogen) atoms. The number of hydrogen-bond acceptors (Lipinski definition) is 6. The fourth-order valence-corrected chi connectivity index (χ4v) is 5.25. The first-order valence-electron chi connectivity index (χ1n) is 9.34. The molecule has 9 heteroatoms. The molecule has 2 aliphatic heterocycles. The van der Waals surface area contributed by atoms with Gasteiger partial charge in [-0.1, -0.05) is 29.5 Å². The summed E-state index contributed by atoms with van der Waals surface area (Å²) in [7, 11) is 0. The molecule has 0 aliphatic carbocycles. The molecule has 2 N–H and O–H groups in total. The second-order valence-electron chi connectivity index (χ2n) is 7.33. The van der Waals surface area contributed by atoms with Gasteiger partial charge >= 0.3 is 0 Å². The van der Waals surface area contributed by atoms with Gasteiger partial charge in [-0.05, 0) is 26.0 Å². The number of carbonyl (C=O) groups is 1. The smallest absolute Gasteiger partial charge is 0.270 e. The molecule has 1 aromatic carbocycles. The normalized spacial score (nSPS) is 25.0. The van der Waals surface area contributed by atoms with E-state index in [-0.39, 0.29) is 5.56 Å². The summed E-state index contributed by atoms with van der Waals surface area (Å²) in [4.78, 5) is 30.9. The molecular weight excluding hydrogens is 390 g/mol. The van der Waals surface area contributed by atoms with Gasteiger partial charge < -0.3 is 10.5 Å². The van der Waals surface area contributed by atoms with Crippen molar-refractivity contribution >= 4 is 23.3 Å². The van der Waals surface area contributed by atoms with Gasteiger partial charge in [-0.15, -0.1) is 0 Å². The number of carbonyl (C=O) groups excluding carboxylic acids is 1. The lowest BCUT2D eigenvalue weighted by atomic mass is 9.81. The zero-order valence-corrected chi connectivity index (χ0v) is 16.7. The molecule has 2 bridgehead atoms. The molecule has 2 aromatic heterocycles. The summed E-state index contributed by atoms with van der Waals surface area (Å²) < 4.78 is 10.0. The number of benzene rings is 1. The predicted molar refractivity (Wildman–Crippen MR) is 107 cm³/mol. The van der Waals surface area contributed by atoms with Crippen LogP contribution in [-0.2, 0) is 11.3 Å². The number of aromatic nitrogens is 3. The highest BCUT2D eigenvalue weighted by atomic mass is 32.1. The van der Waals surface area contributed by atoms with Crippen molar-refractivity contribution in [3.63, 3.8) is 0 Å². The van der Waals surface area contributed by atoms with Crippen LogP contribution in [0.15, 0.2) is 46.4 Å². The highest BCUT2D eigenvalue weighted by molar-refractivity contribution is 7.07. The minimum absolute atomic E-state index is 0.201. The molecule has 0 spiro atoms. The summed E-state index contributed by atoms with van der Waals surface area (Å²) in [6, 6.07) is 6.84. The van der Waals surface area contributed by atoms with E-state index in [1.807, 2.05) is 37.4 Å². The molecule has 3 aromatic rings. The zero-order chi connectivity index (χ0) is 20.3. The summed E-state index contributed by atoms with van der Waals surface area (Å²) in [6.07, 6.45) is 5.39. The van der Waals surface area contributed by atoms with Crippen molar-refractivity contribution in [2.45, 2.75) is 32.2 Å². The van der Waals surface area contributed by atoms with Crippen LogP contribution in [0.5, 0.6) is 5.75 Å². The lowest BCUT2D eigenvalue weighted by Crippen LogP contribution is -2.59. The Kier molecular flexibility index (Phi) is 3.79. The number of para-hydroxylation sites is 1. The van der Waals surface area contributed by atoms with Gasteiger partial charge in [0.2, 0.25) is 11.6 Å². The molecule has 0 saturated heterocycles. The van der Waals surface area contributed by atoms with Crippen LogP contribution in [-0.4, -0.2) is 26.0 Å². The number of aryl methyl sites for hydroxylation is 1. The highest BCUT2D eigenvalue weighted by Crippen LogP contribution is 2.46. The highest BCUT2D eigenvalue weighted by Gasteiger charge is 2.54. The summed E-state index contributed by atoms with van der Waals surface area (Å²) in [5.74, 6) is -0.720. The third-order valence-corrected chi connectivity index (χ3v) is 6.44. The fourth-order valence-electron chi connectivity index (χ4n) is 4.15. The summed E-state index contributed by atoms with van der Waals surface area (Å²) in [5.41, 5.74) is 5.98. The Balaban J connectivity index is 1.78. The Hall–Kier alpha value is -3.20. The van der Waals surface area contributed by atoms with E-state index in [0.29, 0.717) is 15.1 Å². The van der Waals surface area contributed by atoms with Gasteiger partial charge in [0.25, 0.3) is 5.56 Å². The number of nitrogens with two attached hydrogens (primary N) is 1. The van der Waals surface area contributed by atoms with E-state index in [0.717, 1.165) is 17.7 Å². The molecule has 0 fully saturated rings. The van der Waals surface area contributed by atoms with E-state index in [2.05, 4.69) is 10.1 Å². The Labute approximate surface area is 169 Å². The summed E-state index contributed by atoms with van der Waals surface area (Å²) in [5, 5.41) is 4.25. The van der Waals surface area contributed by atoms with Crippen LogP contribution in [0.2, 0.25) is 0 Å². The van der Waals surface area contributed by atoms with Crippen molar-refractivity contribution in [3.05, 3.63) is 67.5 Å². The Morgan fingerprint density at radius 2 is 2.21 bits per heavy atom. The van der Waals surface area contributed by atoms with Crippen LogP contribution in [0.4, 0.5) is 0 Å². The lowest BCUT2D eigenvalue weighted by molar-refractivity contribution is -0.133. The van der Waals surface area contributed by atoms with E-state index in [1.165, 1.54) is 11.3 Å². The average molecular weight is 409 g/mol. The number of fused-ring (bicyclic) bond motifs is 6. The standard InChI is InChI=1S/C20H19N5O3S/c1-3-24-10-11(9-22-24)8-14-18(27)25-16-12-6-4-5-7-13(12)28-20(2,15(16)17(21)26)23-19(25)29-14/h4-10,15-16H,3H2,1-2H3,(H2,21,26)/b14-8-/t15-,16+,20-/m1/s1. The largest absolute Gasteiger partial charge is 0.465 e. The number of primary amides is 1. The Bertz CT molecular complexity index is 1320. The molecule has 148 valence electrons. The third kappa shape index (κ3) is 2.57. The minimum atomic E-state index is -1.16. The molecule has 3 atom stereocenters. The van der Waals surface area contributed by atoms with Gasteiger partial charge in [0.1, 0.15) is 11.7 Å². The number of nitrogens with zero attached hydrogens (tertiary/aromatic N) is 4. The first-order valence-corrected chi connectivity index (χ1v) is 10.2. The number of hydrogen-bond donors (Lipinski definition) is 1. The number of amides is 1. The lowest BCUT2D eigenvalue weighted by Gasteiger charge is -2.44. The average Bonchev–Trinajstić information content (AvgIpc) is 3.25. The van der Waals surface area contributed by atoms with Crippen LogP contribution >= 0.6 is 11.3 Å². The predicted octanol–water partition coefficient (Wildman–Crippen LogP) is 0.388. The number of thiazole rings is 1. The van der Waals surface area contributed by atoms with E-state index in [4.69, 9.17) is 10.5 Å². The van der Waals surface area contributed by atoms with Gasteiger partial charge in [-0.2, -0.15) is 5.10 Å². The summed E-state index contributed by atoms with van der Waals surface area (Å²) in [6.45, 7) is 4.49. The maximum atomic E-state index is 13.3. The van der Waals surface area contributed by atoms with Crippen LogP contribution < -0.4 is 25.4 Å². The van der Waals surface area contributed by atoms with E-state index >= 15 is 0 Å². The van der Waals surface area contributed by atoms with Crippen molar-refractivity contribution in [2.24, 2.45) is 16.6 Å². The van der Waals surface area contributed by atoms with E-state index in [9.17, 15) is 9.59 Å². The number of ether oxygens (including phenoxy) is 1. The molecule has 0 saturated carbocycles. The quantitative estimate of drug-likeness (QED) is 0.676. The van der Waals surface area contributed by atoms with Gasteiger partial charge in [0.05, 0.1) is 16.8 Å². The number of rotatable bonds is 3. The van der Waals surface area contributed by atoms with Crippen molar-refractivity contribution in [1.29, 1.82) is 0 Å². The van der Waals surface area contributed by atoms with Crippen LogP contribution in [0, 0.1) is 5.92 Å². The maximum absolute atomic E-state index is 13.3. The first kappa shape index (κ1) is 17.9. The topological polar surface area (TPSA) is 104 Å². The van der Waals surface area contributed by atoms with E-state index in [1.54, 1.807) is 28.4 Å². The van der Waals surface area contributed by atoms with Crippen LogP contribution in [0.25, 0.3) is 6.08 Å². The summed E-state index contributed by atoms with van der Waals surface area (Å²) >= 11 is 1.28. The molecule has 0 radical (unpaired) electrons. The SMILES string of the molecule is CCn1cc(/C=c2\sc3n(c2=O)[C@H]2c4ccccc4O[C@@](C)(N=3)[C@H]2C(N)=O)cn1. The van der Waals surface area contributed by atoms with Gasteiger partial charge in [0, 0.05) is 23.9 Å². The van der Waals surface area contributed by atoms with Gasteiger partial charge in [0.15, 0.2) is 4.80 Å². The first-order chi connectivity index (χ1) is 13.9. The fraction of sp³-hybridized carbons (Fsp3) is 0.300. The Morgan fingerprint density at radius 1 is 1.41 bits per heavy atom. The zero-order valence-electron chi connectivity index (χ0n) is 15.9. The second kappa shape index (κ2) is 6.15. The molecular formula is C20H19N5O3S. The van der Waals surface area contributed by atoms with Crippen molar-refractivity contribution in [1.82, 2.24) is 14.3 Å². The molecule has 1 amide bonds. The van der Waals surface area contributed by atoms with E-state index < -0.39 is 23.6 Å². The second-order valence-corrected chi connectivity index (χ2v) is 8.34. The van der Waals surface area contributed by atoms with Crippen LogP contribution in [0.1, 0.15) is 31.0 Å². The van der Waals surface area contributed by atoms with Gasteiger partial charge in [-0.25, -0.2) is 4.99 Å². The molecule has 8 nitrogen and oxygen atoms in total. The molecule has 4 heterocycles. The maximum Gasteiger partial charge on any atom is 0.270 e. The third-order valence-electron chi connectivity index (χ3n) is 5.46. The molecule has 5 rings (SSSR count). The van der Waals surface area contributed by atoms with Crippen molar-refractivity contribution in [3.8, 4) is 5.75 Å². The minimum Gasteiger partial charge on any atom is -0.465 e. The van der Waals surface area contributed by atoms with Crippen LogP contribution in [0.3, 0.4) is 0 Å².